The van der Waals surface area contributed by atoms with Crippen molar-refractivity contribution in [2.45, 2.75) is 52.0 Å². The van der Waals surface area contributed by atoms with E-state index in [2.05, 4.69) is 19.2 Å². The third-order valence-electron chi connectivity index (χ3n) is 2.82. The van der Waals surface area contributed by atoms with Gasteiger partial charge < -0.3 is 5.32 Å². The molecule has 0 aromatic rings. The molecule has 1 rings (SSSR count). The molecule has 1 nitrogen and oxygen atoms in total. The van der Waals surface area contributed by atoms with Gasteiger partial charge in [-0.1, -0.05) is 20.3 Å². The third-order valence-corrected chi connectivity index (χ3v) is 2.82. The SMILES string of the molecule is CCCNC(CC)C1CCC1. The highest BCUT2D eigenvalue weighted by molar-refractivity contribution is 4.81. The molecule has 1 unspecified atom stereocenters. The van der Waals surface area contributed by atoms with Gasteiger partial charge in [0.1, 0.15) is 0 Å². The summed E-state index contributed by atoms with van der Waals surface area (Å²) in [5.74, 6) is 1.01. The molecule has 1 aliphatic rings. The van der Waals surface area contributed by atoms with Gasteiger partial charge in [-0.25, -0.2) is 0 Å². The lowest BCUT2D eigenvalue weighted by atomic mass is 9.79. The molecule has 0 heterocycles. The van der Waals surface area contributed by atoms with Crippen molar-refractivity contribution >= 4 is 0 Å². The van der Waals surface area contributed by atoms with Gasteiger partial charge >= 0.3 is 0 Å². The maximum Gasteiger partial charge on any atom is 0.00926 e. The molecule has 0 bridgehead atoms. The predicted molar refractivity (Wildman–Crippen MR) is 49.7 cm³/mol. The van der Waals surface area contributed by atoms with Crippen molar-refractivity contribution < 1.29 is 0 Å². The number of hydrogen-bond donors (Lipinski definition) is 1. The van der Waals surface area contributed by atoms with E-state index in [1.807, 2.05) is 0 Å². The smallest absolute Gasteiger partial charge is 0.00926 e. The van der Waals surface area contributed by atoms with Crippen LogP contribution >= 0.6 is 0 Å². The number of rotatable bonds is 5. The van der Waals surface area contributed by atoms with E-state index in [4.69, 9.17) is 0 Å². The molecule has 0 aromatic heterocycles. The van der Waals surface area contributed by atoms with Gasteiger partial charge in [-0.05, 0) is 38.1 Å². The van der Waals surface area contributed by atoms with Crippen molar-refractivity contribution in [2.24, 2.45) is 5.92 Å². The summed E-state index contributed by atoms with van der Waals surface area (Å²) in [5, 5.41) is 3.62. The van der Waals surface area contributed by atoms with Crippen LogP contribution in [0.15, 0.2) is 0 Å². The van der Waals surface area contributed by atoms with E-state index in [1.54, 1.807) is 0 Å². The van der Waals surface area contributed by atoms with E-state index in [-0.39, 0.29) is 0 Å². The Kier molecular flexibility index (Phi) is 3.92. The monoisotopic (exact) mass is 155 g/mol. The topological polar surface area (TPSA) is 12.0 Å². The van der Waals surface area contributed by atoms with Gasteiger partial charge in [-0.3, -0.25) is 0 Å². The van der Waals surface area contributed by atoms with Crippen LogP contribution in [0.2, 0.25) is 0 Å². The van der Waals surface area contributed by atoms with Crippen LogP contribution in [0.1, 0.15) is 46.0 Å². The van der Waals surface area contributed by atoms with Gasteiger partial charge in [0.15, 0.2) is 0 Å². The van der Waals surface area contributed by atoms with Crippen LogP contribution in [0.25, 0.3) is 0 Å². The normalized spacial score (nSPS) is 21.3. The lowest BCUT2D eigenvalue weighted by Gasteiger charge is -2.33. The third kappa shape index (κ3) is 2.48. The Morgan fingerprint density at radius 2 is 2.09 bits per heavy atom. The molecule has 1 saturated carbocycles. The summed E-state index contributed by atoms with van der Waals surface area (Å²) >= 11 is 0. The predicted octanol–water partition coefficient (Wildman–Crippen LogP) is 2.56. The van der Waals surface area contributed by atoms with Crippen LogP contribution in [-0.4, -0.2) is 12.6 Å². The second-order valence-electron chi connectivity index (χ2n) is 3.66. The van der Waals surface area contributed by atoms with Gasteiger partial charge in [0.05, 0.1) is 0 Å². The van der Waals surface area contributed by atoms with Crippen molar-refractivity contribution in [3.05, 3.63) is 0 Å². The molecule has 1 aliphatic carbocycles. The van der Waals surface area contributed by atoms with Crippen LogP contribution in [0.4, 0.5) is 0 Å². The molecule has 0 spiro atoms. The van der Waals surface area contributed by atoms with Crippen molar-refractivity contribution in [1.82, 2.24) is 5.32 Å². The minimum atomic E-state index is 0.823. The molecule has 0 amide bonds. The Morgan fingerprint density at radius 3 is 2.45 bits per heavy atom. The lowest BCUT2D eigenvalue weighted by molar-refractivity contribution is 0.224. The summed E-state index contributed by atoms with van der Waals surface area (Å²) in [6, 6.07) is 0.823. The second kappa shape index (κ2) is 4.76. The van der Waals surface area contributed by atoms with E-state index in [9.17, 15) is 0 Å². The Morgan fingerprint density at radius 1 is 1.36 bits per heavy atom. The van der Waals surface area contributed by atoms with Crippen molar-refractivity contribution in [1.29, 1.82) is 0 Å². The number of hydrogen-bond acceptors (Lipinski definition) is 1. The van der Waals surface area contributed by atoms with Crippen molar-refractivity contribution in [2.75, 3.05) is 6.54 Å². The first-order valence-electron chi connectivity index (χ1n) is 5.11. The van der Waals surface area contributed by atoms with Crippen LogP contribution in [0, 0.1) is 5.92 Å². The molecule has 0 aromatic carbocycles. The molecule has 1 heteroatoms. The Hall–Kier alpha value is -0.0400. The minimum Gasteiger partial charge on any atom is -0.314 e. The Labute approximate surface area is 70.6 Å². The standard InChI is InChI=1S/C10H21N/c1-3-8-11-10(4-2)9-6-5-7-9/h9-11H,3-8H2,1-2H3. The summed E-state index contributed by atoms with van der Waals surface area (Å²) in [5.41, 5.74) is 0. The first-order chi connectivity index (χ1) is 5.38. The summed E-state index contributed by atoms with van der Waals surface area (Å²) in [6.45, 7) is 5.74. The number of nitrogens with one attached hydrogen (secondary N) is 1. The maximum absolute atomic E-state index is 3.62. The average molecular weight is 155 g/mol. The largest absolute Gasteiger partial charge is 0.314 e. The molecular formula is C10H21N. The van der Waals surface area contributed by atoms with Crippen molar-refractivity contribution in [3.8, 4) is 0 Å². The minimum absolute atomic E-state index is 0.823. The van der Waals surface area contributed by atoms with Crippen LogP contribution in [0.5, 0.6) is 0 Å². The second-order valence-corrected chi connectivity index (χ2v) is 3.66. The van der Waals surface area contributed by atoms with Crippen LogP contribution < -0.4 is 5.32 Å². The van der Waals surface area contributed by atoms with E-state index >= 15 is 0 Å². The van der Waals surface area contributed by atoms with Crippen LogP contribution in [0.3, 0.4) is 0 Å². The van der Waals surface area contributed by atoms with Gasteiger partial charge in [-0.2, -0.15) is 0 Å². The van der Waals surface area contributed by atoms with Gasteiger partial charge in [-0.15, -0.1) is 0 Å². The Balaban J connectivity index is 2.13. The van der Waals surface area contributed by atoms with Gasteiger partial charge in [0.2, 0.25) is 0 Å². The fourth-order valence-electron chi connectivity index (χ4n) is 1.82. The zero-order chi connectivity index (χ0) is 8.10. The molecule has 0 aliphatic heterocycles. The van der Waals surface area contributed by atoms with Gasteiger partial charge in [0, 0.05) is 6.04 Å². The van der Waals surface area contributed by atoms with E-state index in [0.29, 0.717) is 0 Å². The molecule has 66 valence electrons. The first kappa shape index (κ1) is 9.05. The molecule has 1 fully saturated rings. The summed E-state index contributed by atoms with van der Waals surface area (Å²) in [4.78, 5) is 0. The van der Waals surface area contributed by atoms with Crippen molar-refractivity contribution in [3.63, 3.8) is 0 Å². The van der Waals surface area contributed by atoms with E-state index in [1.165, 1.54) is 38.6 Å². The molecule has 0 saturated heterocycles. The lowest BCUT2D eigenvalue weighted by Crippen LogP contribution is -2.39. The maximum atomic E-state index is 3.62. The molecule has 1 atom stereocenters. The van der Waals surface area contributed by atoms with Gasteiger partial charge in [0.25, 0.3) is 0 Å². The zero-order valence-corrected chi connectivity index (χ0v) is 7.90. The highest BCUT2D eigenvalue weighted by Crippen LogP contribution is 2.30. The summed E-state index contributed by atoms with van der Waals surface area (Å²) in [6.07, 6.45) is 6.98. The molecule has 11 heavy (non-hydrogen) atoms. The summed E-state index contributed by atoms with van der Waals surface area (Å²) < 4.78 is 0. The average Bonchev–Trinajstić information content (AvgIpc) is 1.93. The summed E-state index contributed by atoms with van der Waals surface area (Å²) in [7, 11) is 0. The first-order valence-corrected chi connectivity index (χ1v) is 5.11. The van der Waals surface area contributed by atoms with Crippen LogP contribution in [-0.2, 0) is 0 Å². The van der Waals surface area contributed by atoms with E-state index < -0.39 is 0 Å². The fourth-order valence-corrected chi connectivity index (χ4v) is 1.82. The molecule has 0 radical (unpaired) electrons. The fraction of sp³-hybridized carbons (Fsp3) is 1.00. The Bertz CT molecular complexity index is 97.0. The van der Waals surface area contributed by atoms with E-state index in [0.717, 1.165) is 12.0 Å². The zero-order valence-electron chi connectivity index (χ0n) is 7.90. The molecule has 1 N–H and O–H groups in total. The highest BCUT2D eigenvalue weighted by atomic mass is 14.9. The highest BCUT2D eigenvalue weighted by Gasteiger charge is 2.24. The quantitative estimate of drug-likeness (QED) is 0.643. The molecular weight excluding hydrogens is 134 g/mol.